The number of hydrogen-bond donors (Lipinski definition) is 0. The van der Waals surface area contributed by atoms with Gasteiger partial charge in [0.2, 0.25) is 0 Å². The number of Topliss-reactive ketones (excluding diaryl/α,β-unsaturated/α-hetero) is 1. The van der Waals surface area contributed by atoms with Crippen LogP contribution in [0.1, 0.15) is 76.9 Å². The summed E-state index contributed by atoms with van der Waals surface area (Å²) in [7, 11) is 0. The van der Waals surface area contributed by atoms with Crippen molar-refractivity contribution in [3.8, 4) is 22.5 Å². The maximum atomic E-state index is 13.2. The molecule has 0 aliphatic heterocycles. The number of carbonyl (C=O) groups excluding carboxylic acids is 1. The van der Waals surface area contributed by atoms with Crippen molar-refractivity contribution in [2.45, 2.75) is 57.5 Å². The Hall–Kier alpha value is -5.95. The first-order valence-electron chi connectivity index (χ1n) is 17.9. The van der Waals surface area contributed by atoms with Crippen molar-refractivity contribution in [1.29, 1.82) is 0 Å². The molecule has 0 saturated carbocycles. The van der Waals surface area contributed by atoms with Crippen LogP contribution in [0.2, 0.25) is 0 Å². The number of imidazole rings is 1. The van der Waals surface area contributed by atoms with Crippen LogP contribution in [0.5, 0.6) is 0 Å². The highest BCUT2D eigenvalue weighted by molar-refractivity contribution is 5.96. The third-order valence-corrected chi connectivity index (χ3v) is 10.1. The lowest BCUT2D eigenvalue weighted by molar-refractivity contribution is 0.0973. The molecule has 0 spiro atoms. The molecule has 0 bridgehead atoms. The average molecular weight is 669 g/mol. The first kappa shape index (κ1) is 32.3. The molecule has 51 heavy (non-hydrogen) atoms. The normalized spacial score (nSPS) is 13.2. The molecule has 5 aromatic carbocycles. The van der Waals surface area contributed by atoms with Gasteiger partial charge in [-0.1, -0.05) is 146 Å². The molecule has 0 unspecified atom stereocenters. The van der Waals surface area contributed by atoms with Gasteiger partial charge in [-0.25, -0.2) is 9.67 Å². The summed E-state index contributed by atoms with van der Waals surface area (Å²) in [6, 6.07) is 48.4. The molecule has 7 aromatic rings. The first-order valence-corrected chi connectivity index (χ1v) is 17.9. The van der Waals surface area contributed by atoms with Crippen LogP contribution in [0.3, 0.4) is 0 Å². The molecule has 0 N–H and O–H groups in total. The lowest BCUT2D eigenvalue weighted by atomic mass is 9.77. The summed E-state index contributed by atoms with van der Waals surface area (Å²) in [6.07, 6.45) is 5.26. The van der Waals surface area contributed by atoms with E-state index in [4.69, 9.17) is 15.3 Å². The van der Waals surface area contributed by atoms with Crippen molar-refractivity contribution in [3.05, 3.63) is 179 Å². The van der Waals surface area contributed by atoms with E-state index in [1.165, 1.54) is 0 Å². The van der Waals surface area contributed by atoms with Gasteiger partial charge in [-0.2, -0.15) is 0 Å². The molecule has 7 nitrogen and oxygen atoms in total. The van der Waals surface area contributed by atoms with E-state index in [-0.39, 0.29) is 5.78 Å². The lowest BCUT2D eigenvalue weighted by Crippen LogP contribution is -2.39. The van der Waals surface area contributed by atoms with Crippen LogP contribution in [0.25, 0.3) is 22.5 Å². The Balaban J connectivity index is 1.23. The predicted octanol–water partition coefficient (Wildman–Crippen LogP) is 8.95. The minimum atomic E-state index is -0.851. The molecule has 2 aromatic heterocycles. The van der Waals surface area contributed by atoms with E-state index in [0.29, 0.717) is 18.8 Å². The molecule has 1 aliphatic carbocycles. The van der Waals surface area contributed by atoms with Crippen molar-refractivity contribution in [3.63, 3.8) is 0 Å². The summed E-state index contributed by atoms with van der Waals surface area (Å²) in [4.78, 5) is 18.2. The van der Waals surface area contributed by atoms with E-state index < -0.39 is 5.54 Å². The van der Waals surface area contributed by atoms with Crippen molar-refractivity contribution in [1.82, 2.24) is 29.8 Å². The highest BCUT2D eigenvalue weighted by Gasteiger charge is 2.42. The Kier molecular flexibility index (Phi) is 8.93. The summed E-state index contributed by atoms with van der Waals surface area (Å²) in [5, 5.41) is 13.8. The van der Waals surface area contributed by atoms with Crippen LogP contribution >= 0.6 is 0 Å². The van der Waals surface area contributed by atoms with E-state index in [0.717, 1.165) is 88.3 Å². The number of ketones is 1. The number of tetrazole rings is 1. The highest BCUT2D eigenvalue weighted by Crippen LogP contribution is 2.43. The number of hydrogen-bond acceptors (Lipinski definition) is 5. The number of nitrogens with zero attached hydrogens (tertiary/aromatic N) is 6. The summed E-state index contributed by atoms with van der Waals surface area (Å²) >= 11 is 0. The quantitative estimate of drug-likeness (QED) is 0.107. The Morgan fingerprint density at radius 2 is 1.24 bits per heavy atom. The number of benzene rings is 5. The van der Waals surface area contributed by atoms with Crippen molar-refractivity contribution >= 4 is 5.78 Å². The van der Waals surface area contributed by atoms with E-state index in [9.17, 15) is 4.79 Å². The number of carbonyl (C=O) groups is 1. The molecule has 0 amide bonds. The van der Waals surface area contributed by atoms with E-state index >= 15 is 0 Å². The number of rotatable bonds is 10. The van der Waals surface area contributed by atoms with Gasteiger partial charge in [0, 0.05) is 24.9 Å². The molecule has 1 aliphatic rings. The van der Waals surface area contributed by atoms with Crippen LogP contribution < -0.4 is 0 Å². The average Bonchev–Trinajstić information content (AvgIpc) is 3.75. The minimum Gasteiger partial charge on any atom is -0.321 e. The molecule has 252 valence electrons. The SMILES string of the molecule is CCCc1nc2c(n1Cc1ccc(-c3ccccc3-c3nnnn3C(c3ccccc3)(c3ccccc3)c3ccccc3)cc1)C(=O)CCCC2. The lowest BCUT2D eigenvalue weighted by Gasteiger charge is -2.36. The first-order chi connectivity index (χ1) is 25.2. The fourth-order valence-electron chi connectivity index (χ4n) is 7.71. The van der Waals surface area contributed by atoms with Gasteiger partial charge in [0.1, 0.15) is 17.1 Å². The third kappa shape index (κ3) is 5.88. The van der Waals surface area contributed by atoms with Gasteiger partial charge in [-0.05, 0) is 69.5 Å². The topological polar surface area (TPSA) is 78.5 Å². The smallest absolute Gasteiger partial charge is 0.184 e. The fraction of sp³-hybridized carbons (Fsp3) is 0.205. The second-order valence-corrected chi connectivity index (χ2v) is 13.3. The van der Waals surface area contributed by atoms with Crippen LogP contribution in [-0.2, 0) is 24.9 Å². The second-order valence-electron chi connectivity index (χ2n) is 13.3. The van der Waals surface area contributed by atoms with Gasteiger partial charge in [0.05, 0.1) is 5.69 Å². The second kappa shape index (κ2) is 14.1. The molecule has 0 atom stereocenters. The van der Waals surface area contributed by atoms with Gasteiger partial charge in [-0.15, -0.1) is 5.10 Å². The standard InChI is InChI=1S/C44H40N6O/c1-2-16-41-45-39-25-14-15-26-40(51)42(39)49(41)31-32-27-29-33(30-28-32)37-23-12-13-24-38(37)43-46-47-48-50(43)44(34-17-6-3-7-18-34,35-19-8-4-9-20-35)36-21-10-5-11-22-36/h3-13,17-24,27-30H,2,14-16,25-26,31H2,1H3. The zero-order valence-corrected chi connectivity index (χ0v) is 28.8. The number of fused-ring (bicyclic) bond motifs is 1. The predicted molar refractivity (Wildman–Crippen MR) is 201 cm³/mol. The van der Waals surface area contributed by atoms with Crippen molar-refractivity contribution < 1.29 is 4.79 Å². The third-order valence-electron chi connectivity index (χ3n) is 10.1. The van der Waals surface area contributed by atoms with Gasteiger partial charge in [0.15, 0.2) is 11.6 Å². The van der Waals surface area contributed by atoms with Gasteiger partial charge < -0.3 is 4.57 Å². The summed E-state index contributed by atoms with van der Waals surface area (Å²) in [5.74, 6) is 1.89. The van der Waals surface area contributed by atoms with E-state index in [1.807, 2.05) is 28.9 Å². The summed E-state index contributed by atoms with van der Waals surface area (Å²) < 4.78 is 4.16. The van der Waals surface area contributed by atoms with Gasteiger partial charge >= 0.3 is 0 Å². The Morgan fingerprint density at radius 1 is 0.667 bits per heavy atom. The monoisotopic (exact) mass is 668 g/mol. The molecule has 2 heterocycles. The van der Waals surface area contributed by atoms with Gasteiger partial charge in [-0.3, -0.25) is 4.79 Å². The summed E-state index contributed by atoms with van der Waals surface area (Å²) in [6.45, 7) is 2.79. The van der Waals surface area contributed by atoms with E-state index in [2.05, 4.69) is 132 Å². The molecule has 0 radical (unpaired) electrons. The van der Waals surface area contributed by atoms with Crippen LogP contribution in [0, 0.1) is 0 Å². The molecule has 0 fully saturated rings. The maximum Gasteiger partial charge on any atom is 0.184 e. The molecule has 0 saturated heterocycles. The van der Waals surface area contributed by atoms with E-state index in [1.54, 1.807) is 0 Å². The van der Waals surface area contributed by atoms with Crippen LogP contribution in [0.15, 0.2) is 140 Å². The fourth-order valence-corrected chi connectivity index (χ4v) is 7.71. The molecule has 7 heteroatoms. The van der Waals surface area contributed by atoms with Crippen molar-refractivity contribution in [2.75, 3.05) is 0 Å². The number of aryl methyl sites for hydroxylation is 2. The van der Waals surface area contributed by atoms with Crippen molar-refractivity contribution in [2.24, 2.45) is 0 Å². The zero-order valence-electron chi connectivity index (χ0n) is 28.8. The Morgan fingerprint density at radius 3 is 1.84 bits per heavy atom. The molecular formula is C44H40N6O. The molecule has 8 rings (SSSR count). The summed E-state index contributed by atoms with van der Waals surface area (Å²) in [5.41, 5.74) is 8.24. The van der Waals surface area contributed by atoms with Crippen LogP contribution in [0.4, 0.5) is 0 Å². The Labute approximate surface area is 298 Å². The highest BCUT2D eigenvalue weighted by atomic mass is 16.1. The maximum absolute atomic E-state index is 13.2. The zero-order chi connectivity index (χ0) is 34.6. The van der Waals surface area contributed by atoms with Gasteiger partial charge in [0.25, 0.3) is 0 Å². The van der Waals surface area contributed by atoms with Crippen LogP contribution in [-0.4, -0.2) is 35.5 Å². The molecular weight excluding hydrogens is 629 g/mol. The number of aromatic nitrogens is 6. The minimum absolute atomic E-state index is 0.221. The largest absolute Gasteiger partial charge is 0.321 e. The Bertz CT molecular complexity index is 2160.